The van der Waals surface area contributed by atoms with Gasteiger partial charge in [-0.3, -0.25) is 4.79 Å². The highest BCUT2D eigenvalue weighted by Crippen LogP contribution is 2.31. The zero-order valence-electron chi connectivity index (χ0n) is 10.4. The van der Waals surface area contributed by atoms with Gasteiger partial charge in [0.2, 0.25) is 0 Å². The molecule has 0 aliphatic carbocycles. The lowest BCUT2D eigenvalue weighted by atomic mass is 10.2. The molecule has 4 N–H and O–H groups in total. The van der Waals surface area contributed by atoms with Crippen molar-refractivity contribution >= 4 is 28.3 Å². The first kappa shape index (κ1) is 13.1. The van der Waals surface area contributed by atoms with Gasteiger partial charge < -0.3 is 21.1 Å². The number of carbonyl (C=O) groups is 1. The fourth-order valence-corrected chi connectivity index (χ4v) is 3.02. The Bertz CT molecular complexity index is 429. The molecule has 0 bridgehead atoms. The molecule has 6 nitrogen and oxygen atoms in total. The average Bonchev–Trinajstić information content (AvgIpc) is 2.94. The van der Waals surface area contributed by atoms with Gasteiger partial charge in [0.05, 0.1) is 6.10 Å². The highest BCUT2D eigenvalue weighted by Gasteiger charge is 2.24. The zero-order chi connectivity index (χ0) is 13.1. The molecular weight excluding hydrogens is 252 g/mol. The highest BCUT2D eigenvalue weighted by molar-refractivity contribution is 7.11. The summed E-state index contributed by atoms with van der Waals surface area (Å²) in [5.41, 5.74) is 11.4. The summed E-state index contributed by atoms with van der Waals surface area (Å²) in [5.74, 6) is -0.310. The summed E-state index contributed by atoms with van der Waals surface area (Å²) in [6, 6.07) is 0. The Morgan fingerprint density at radius 2 is 2.44 bits per heavy atom. The molecule has 0 saturated carbocycles. The average molecular weight is 270 g/mol. The number of aromatic nitrogens is 1. The molecular formula is C11H18N4O2S. The van der Waals surface area contributed by atoms with Gasteiger partial charge in [-0.2, -0.15) is 4.37 Å². The summed E-state index contributed by atoms with van der Waals surface area (Å²) in [6.07, 6.45) is 2.36. The van der Waals surface area contributed by atoms with Crippen LogP contribution >= 0.6 is 11.5 Å². The quantitative estimate of drug-likeness (QED) is 0.826. The van der Waals surface area contributed by atoms with Crippen LogP contribution in [0.1, 0.15) is 30.1 Å². The third kappa shape index (κ3) is 2.56. The molecule has 1 aliphatic heterocycles. The van der Waals surface area contributed by atoms with E-state index in [4.69, 9.17) is 16.2 Å². The van der Waals surface area contributed by atoms with E-state index in [1.165, 1.54) is 11.5 Å². The van der Waals surface area contributed by atoms with Gasteiger partial charge in [-0.05, 0) is 31.3 Å². The third-order valence-corrected chi connectivity index (χ3v) is 3.99. The van der Waals surface area contributed by atoms with Gasteiger partial charge in [-0.15, -0.1) is 0 Å². The normalized spacial score (nSPS) is 19.1. The second-order valence-electron chi connectivity index (χ2n) is 4.29. The minimum atomic E-state index is -0.526. The van der Waals surface area contributed by atoms with Crippen molar-refractivity contribution in [1.29, 1.82) is 0 Å². The summed E-state index contributed by atoms with van der Waals surface area (Å²) in [7, 11) is 0. The van der Waals surface area contributed by atoms with Crippen molar-refractivity contribution in [3.8, 4) is 0 Å². The van der Waals surface area contributed by atoms with Crippen molar-refractivity contribution in [2.75, 3.05) is 30.3 Å². The lowest BCUT2D eigenvalue weighted by Crippen LogP contribution is -2.33. The maximum Gasteiger partial charge on any atom is 0.255 e. The van der Waals surface area contributed by atoms with E-state index < -0.39 is 5.91 Å². The second-order valence-corrected chi connectivity index (χ2v) is 5.04. The van der Waals surface area contributed by atoms with E-state index in [9.17, 15) is 4.79 Å². The van der Waals surface area contributed by atoms with E-state index in [0.29, 0.717) is 5.56 Å². The van der Waals surface area contributed by atoms with Gasteiger partial charge in [0.15, 0.2) is 5.82 Å². The first-order valence-electron chi connectivity index (χ1n) is 6.05. The number of hydrogen-bond acceptors (Lipinski definition) is 6. The molecule has 1 fully saturated rings. The summed E-state index contributed by atoms with van der Waals surface area (Å²) in [4.78, 5) is 13.5. The maximum atomic E-state index is 11.4. The summed E-state index contributed by atoms with van der Waals surface area (Å²) in [6.45, 7) is 4.35. The number of likely N-dealkylation sites (N-methyl/N-ethyl adjacent to an activating group) is 1. The standard InChI is InChI=1S/C11H18N4O2S/c1-2-15(6-7-4-3-5-17-7)11-8(10(13)16)9(12)14-18-11/h7H,2-6H2,1H3,(H2,12,14)(H2,13,16). The molecule has 1 saturated heterocycles. The van der Waals surface area contributed by atoms with Crippen LogP contribution < -0.4 is 16.4 Å². The number of ether oxygens (including phenoxy) is 1. The van der Waals surface area contributed by atoms with Crippen LogP contribution in [0.4, 0.5) is 10.8 Å². The third-order valence-electron chi connectivity index (χ3n) is 3.06. The molecule has 18 heavy (non-hydrogen) atoms. The molecule has 2 heterocycles. The van der Waals surface area contributed by atoms with E-state index in [-0.39, 0.29) is 11.9 Å². The van der Waals surface area contributed by atoms with Crippen LogP contribution in [0.2, 0.25) is 0 Å². The summed E-state index contributed by atoms with van der Waals surface area (Å²) < 4.78 is 9.63. The molecule has 2 rings (SSSR count). The Hall–Kier alpha value is -1.34. The first-order chi connectivity index (χ1) is 8.63. The predicted octanol–water partition coefficient (Wildman–Crippen LogP) is 0.830. The number of rotatable bonds is 5. The molecule has 1 amide bonds. The van der Waals surface area contributed by atoms with Gasteiger partial charge in [-0.1, -0.05) is 0 Å². The van der Waals surface area contributed by atoms with Gasteiger partial charge in [0.1, 0.15) is 10.6 Å². The van der Waals surface area contributed by atoms with Crippen molar-refractivity contribution in [3.05, 3.63) is 5.56 Å². The summed E-state index contributed by atoms with van der Waals surface area (Å²) >= 11 is 1.22. The molecule has 1 aromatic rings. The number of nitrogens with zero attached hydrogens (tertiary/aromatic N) is 2. The number of hydrogen-bond donors (Lipinski definition) is 2. The molecule has 1 atom stereocenters. The van der Waals surface area contributed by atoms with Crippen molar-refractivity contribution < 1.29 is 9.53 Å². The number of nitrogen functional groups attached to an aromatic ring is 1. The van der Waals surface area contributed by atoms with Gasteiger partial charge >= 0.3 is 0 Å². The fraction of sp³-hybridized carbons (Fsp3) is 0.636. The molecule has 1 aliphatic rings. The molecule has 1 aromatic heterocycles. The van der Waals surface area contributed by atoms with Crippen LogP contribution in [-0.2, 0) is 4.74 Å². The molecule has 0 spiro atoms. The van der Waals surface area contributed by atoms with Crippen LogP contribution in [0.3, 0.4) is 0 Å². The summed E-state index contributed by atoms with van der Waals surface area (Å²) in [5, 5.41) is 0.748. The predicted molar refractivity (Wildman–Crippen MR) is 71.9 cm³/mol. The van der Waals surface area contributed by atoms with Gasteiger partial charge in [-0.25, -0.2) is 0 Å². The minimum Gasteiger partial charge on any atom is -0.382 e. The maximum absolute atomic E-state index is 11.4. The van der Waals surface area contributed by atoms with Crippen LogP contribution in [0.5, 0.6) is 0 Å². The number of amides is 1. The van der Waals surface area contributed by atoms with Crippen molar-refractivity contribution in [1.82, 2.24) is 4.37 Å². The van der Waals surface area contributed by atoms with Crippen LogP contribution in [-0.4, -0.2) is 36.1 Å². The topological polar surface area (TPSA) is 94.5 Å². The molecule has 7 heteroatoms. The second kappa shape index (κ2) is 5.53. The van der Waals surface area contributed by atoms with Crippen molar-refractivity contribution in [2.45, 2.75) is 25.9 Å². The van der Waals surface area contributed by atoms with Crippen LogP contribution in [0.15, 0.2) is 0 Å². The van der Waals surface area contributed by atoms with Crippen LogP contribution in [0, 0.1) is 0 Å². The Balaban J connectivity index is 2.18. The lowest BCUT2D eigenvalue weighted by Gasteiger charge is -2.24. The van der Waals surface area contributed by atoms with Crippen LogP contribution in [0.25, 0.3) is 0 Å². The lowest BCUT2D eigenvalue weighted by molar-refractivity contribution is 0.100. The first-order valence-corrected chi connectivity index (χ1v) is 6.82. The van der Waals surface area contributed by atoms with E-state index in [2.05, 4.69) is 9.27 Å². The monoisotopic (exact) mass is 270 g/mol. The SMILES string of the molecule is CCN(CC1CCCO1)c1snc(N)c1C(N)=O. The largest absolute Gasteiger partial charge is 0.382 e. The number of nitrogens with two attached hydrogens (primary N) is 2. The van der Waals surface area contributed by atoms with E-state index in [1.54, 1.807) is 0 Å². The van der Waals surface area contributed by atoms with E-state index in [1.807, 2.05) is 6.92 Å². The minimum absolute atomic E-state index is 0.216. The van der Waals surface area contributed by atoms with Gasteiger partial charge in [0.25, 0.3) is 5.91 Å². The highest BCUT2D eigenvalue weighted by atomic mass is 32.1. The van der Waals surface area contributed by atoms with E-state index in [0.717, 1.165) is 37.5 Å². The molecule has 0 radical (unpaired) electrons. The number of primary amides is 1. The van der Waals surface area contributed by atoms with Crippen molar-refractivity contribution in [2.24, 2.45) is 5.73 Å². The van der Waals surface area contributed by atoms with E-state index >= 15 is 0 Å². The molecule has 1 unspecified atom stereocenters. The molecule has 100 valence electrons. The fourth-order valence-electron chi connectivity index (χ4n) is 2.13. The Labute approximate surface area is 110 Å². The number of carbonyl (C=O) groups excluding carboxylic acids is 1. The van der Waals surface area contributed by atoms with Gasteiger partial charge in [0, 0.05) is 19.7 Å². The Morgan fingerprint density at radius 1 is 1.67 bits per heavy atom. The molecule has 0 aromatic carbocycles. The zero-order valence-corrected chi connectivity index (χ0v) is 11.2. The van der Waals surface area contributed by atoms with Crippen molar-refractivity contribution in [3.63, 3.8) is 0 Å². The Kier molecular flexibility index (Phi) is 4.03. The number of anilines is 2. The Morgan fingerprint density at radius 3 is 3.00 bits per heavy atom. The smallest absolute Gasteiger partial charge is 0.255 e.